The summed E-state index contributed by atoms with van der Waals surface area (Å²) in [4.78, 5) is 14.5. The fraction of sp³-hybridized carbons (Fsp3) is 0.278. The Morgan fingerprint density at radius 3 is 2.50 bits per heavy atom. The van der Waals surface area contributed by atoms with Crippen molar-refractivity contribution < 1.29 is 4.79 Å². The number of rotatable bonds is 4. The summed E-state index contributed by atoms with van der Waals surface area (Å²) in [5.41, 5.74) is 2.89. The van der Waals surface area contributed by atoms with Gasteiger partial charge in [-0.2, -0.15) is 0 Å². The zero-order valence-electron chi connectivity index (χ0n) is 12.6. The Morgan fingerprint density at radius 2 is 1.95 bits per heavy atom. The SMILES string of the molecule is C=CC1=C(C=C)C(C)N(C(=O)Cc2c(Cl)cccc2Cl)CC1. The van der Waals surface area contributed by atoms with Gasteiger partial charge < -0.3 is 4.90 Å². The first-order valence-electron chi connectivity index (χ1n) is 7.19. The van der Waals surface area contributed by atoms with E-state index in [1.807, 2.05) is 24.0 Å². The van der Waals surface area contributed by atoms with Crippen LogP contribution in [0.5, 0.6) is 0 Å². The van der Waals surface area contributed by atoms with Crippen molar-refractivity contribution in [3.8, 4) is 0 Å². The average Bonchev–Trinajstić information content (AvgIpc) is 2.50. The maximum atomic E-state index is 12.7. The van der Waals surface area contributed by atoms with Crippen LogP contribution < -0.4 is 0 Å². The van der Waals surface area contributed by atoms with Gasteiger partial charge >= 0.3 is 0 Å². The Kier molecular flexibility index (Phi) is 5.49. The van der Waals surface area contributed by atoms with Gasteiger partial charge in [0.1, 0.15) is 0 Å². The van der Waals surface area contributed by atoms with E-state index in [-0.39, 0.29) is 18.4 Å². The van der Waals surface area contributed by atoms with E-state index in [0.717, 1.165) is 17.6 Å². The molecule has 2 rings (SSSR count). The van der Waals surface area contributed by atoms with Crippen LogP contribution in [0.25, 0.3) is 0 Å². The maximum Gasteiger partial charge on any atom is 0.227 e. The van der Waals surface area contributed by atoms with Crippen molar-refractivity contribution in [2.45, 2.75) is 25.8 Å². The third kappa shape index (κ3) is 3.29. The predicted octanol–water partition coefficient (Wildman–Crippen LogP) is 4.83. The van der Waals surface area contributed by atoms with Crippen LogP contribution in [-0.4, -0.2) is 23.4 Å². The van der Waals surface area contributed by atoms with E-state index in [4.69, 9.17) is 23.2 Å². The Bertz CT molecular complexity index is 628. The molecule has 1 atom stereocenters. The molecule has 0 aromatic heterocycles. The van der Waals surface area contributed by atoms with E-state index in [1.54, 1.807) is 18.2 Å². The molecular weight excluding hydrogens is 317 g/mol. The molecule has 1 amide bonds. The van der Waals surface area contributed by atoms with Crippen LogP contribution in [0.4, 0.5) is 0 Å². The number of benzene rings is 1. The number of carbonyl (C=O) groups is 1. The smallest absolute Gasteiger partial charge is 0.227 e. The summed E-state index contributed by atoms with van der Waals surface area (Å²) in [5, 5.41) is 1.05. The molecule has 0 spiro atoms. The molecule has 1 aliphatic heterocycles. The van der Waals surface area contributed by atoms with Crippen molar-refractivity contribution in [2.75, 3.05) is 6.54 Å². The minimum atomic E-state index is -0.0204. The number of hydrogen-bond donors (Lipinski definition) is 0. The molecule has 0 saturated heterocycles. The number of halogens is 2. The zero-order chi connectivity index (χ0) is 16.3. The first-order chi connectivity index (χ1) is 10.5. The Hall–Kier alpha value is -1.51. The predicted molar refractivity (Wildman–Crippen MR) is 93.4 cm³/mol. The van der Waals surface area contributed by atoms with E-state index >= 15 is 0 Å². The van der Waals surface area contributed by atoms with Gasteiger partial charge in [0.2, 0.25) is 5.91 Å². The van der Waals surface area contributed by atoms with Crippen LogP contribution in [-0.2, 0) is 11.2 Å². The number of amides is 1. The lowest BCUT2D eigenvalue weighted by Crippen LogP contribution is -2.44. The molecule has 1 aromatic carbocycles. The van der Waals surface area contributed by atoms with Gasteiger partial charge in [-0.3, -0.25) is 4.79 Å². The first kappa shape index (κ1) is 16.9. The van der Waals surface area contributed by atoms with Gasteiger partial charge in [0.05, 0.1) is 12.5 Å². The molecule has 1 unspecified atom stereocenters. The van der Waals surface area contributed by atoms with Gasteiger partial charge in [0.25, 0.3) is 0 Å². The Labute approximate surface area is 141 Å². The summed E-state index contributed by atoms with van der Waals surface area (Å²) in [5.74, 6) is 0.0185. The van der Waals surface area contributed by atoms with Gasteiger partial charge in [-0.05, 0) is 42.2 Å². The van der Waals surface area contributed by atoms with Crippen LogP contribution in [0.1, 0.15) is 18.9 Å². The van der Waals surface area contributed by atoms with Gasteiger partial charge in [-0.1, -0.05) is 54.6 Å². The fourth-order valence-electron chi connectivity index (χ4n) is 2.83. The topological polar surface area (TPSA) is 20.3 Å². The minimum Gasteiger partial charge on any atom is -0.335 e. The lowest BCUT2D eigenvalue weighted by atomic mass is 9.93. The molecule has 0 fully saturated rings. The molecule has 116 valence electrons. The van der Waals surface area contributed by atoms with Crippen LogP contribution in [0.2, 0.25) is 10.0 Å². The molecule has 22 heavy (non-hydrogen) atoms. The third-order valence-corrected chi connectivity index (χ3v) is 4.80. The number of nitrogens with zero attached hydrogens (tertiary/aromatic N) is 1. The number of allylic oxidation sites excluding steroid dienone is 1. The van der Waals surface area contributed by atoms with Crippen molar-refractivity contribution in [1.82, 2.24) is 4.90 Å². The van der Waals surface area contributed by atoms with Crippen molar-refractivity contribution in [1.29, 1.82) is 0 Å². The molecule has 1 aliphatic rings. The fourth-order valence-corrected chi connectivity index (χ4v) is 3.36. The van der Waals surface area contributed by atoms with Crippen molar-refractivity contribution in [2.24, 2.45) is 0 Å². The van der Waals surface area contributed by atoms with Gasteiger partial charge in [0.15, 0.2) is 0 Å². The number of carbonyl (C=O) groups excluding carboxylic acids is 1. The average molecular weight is 336 g/mol. The summed E-state index contributed by atoms with van der Waals surface area (Å²) in [7, 11) is 0. The highest BCUT2D eigenvalue weighted by Crippen LogP contribution is 2.29. The van der Waals surface area contributed by atoms with E-state index < -0.39 is 0 Å². The molecule has 0 saturated carbocycles. The monoisotopic (exact) mass is 335 g/mol. The summed E-state index contributed by atoms with van der Waals surface area (Å²) in [6, 6.07) is 5.26. The molecule has 1 heterocycles. The molecule has 4 heteroatoms. The second-order valence-electron chi connectivity index (χ2n) is 5.28. The highest BCUT2D eigenvalue weighted by molar-refractivity contribution is 6.36. The lowest BCUT2D eigenvalue weighted by molar-refractivity contribution is -0.132. The quantitative estimate of drug-likeness (QED) is 0.771. The normalized spacial score (nSPS) is 18.3. The molecule has 0 radical (unpaired) electrons. The minimum absolute atomic E-state index is 0.0185. The van der Waals surface area contributed by atoms with Crippen LogP contribution in [0.3, 0.4) is 0 Å². The van der Waals surface area contributed by atoms with Crippen molar-refractivity contribution >= 4 is 29.1 Å². The third-order valence-electron chi connectivity index (χ3n) is 4.09. The van der Waals surface area contributed by atoms with Gasteiger partial charge in [-0.25, -0.2) is 0 Å². The van der Waals surface area contributed by atoms with E-state index in [9.17, 15) is 4.79 Å². The second-order valence-corrected chi connectivity index (χ2v) is 6.09. The Morgan fingerprint density at radius 1 is 1.32 bits per heavy atom. The summed E-state index contributed by atoms with van der Waals surface area (Å²) in [6.45, 7) is 10.4. The van der Waals surface area contributed by atoms with Crippen LogP contribution in [0.15, 0.2) is 54.7 Å². The molecule has 0 aliphatic carbocycles. The van der Waals surface area contributed by atoms with E-state index in [0.29, 0.717) is 22.2 Å². The second kappa shape index (κ2) is 7.17. The van der Waals surface area contributed by atoms with Crippen molar-refractivity contribution in [3.63, 3.8) is 0 Å². The maximum absolute atomic E-state index is 12.7. The molecule has 2 nitrogen and oxygen atoms in total. The first-order valence-corrected chi connectivity index (χ1v) is 7.95. The number of hydrogen-bond acceptors (Lipinski definition) is 1. The van der Waals surface area contributed by atoms with Crippen LogP contribution >= 0.6 is 23.2 Å². The van der Waals surface area contributed by atoms with Crippen molar-refractivity contribution in [3.05, 3.63) is 70.3 Å². The highest BCUT2D eigenvalue weighted by Gasteiger charge is 2.28. The summed E-state index contributed by atoms with van der Waals surface area (Å²) >= 11 is 12.3. The zero-order valence-corrected chi connectivity index (χ0v) is 14.1. The van der Waals surface area contributed by atoms with E-state index in [1.165, 1.54) is 0 Å². The molecular formula is C18H19Cl2NO. The summed E-state index contributed by atoms with van der Waals surface area (Å²) in [6.07, 6.45) is 4.65. The van der Waals surface area contributed by atoms with Crippen LogP contribution in [0, 0.1) is 0 Å². The Balaban J connectivity index is 2.23. The van der Waals surface area contributed by atoms with Gasteiger partial charge in [-0.15, -0.1) is 0 Å². The molecule has 0 bridgehead atoms. The summed E-state index contributed by atoms with van der Waals surface area (Å²) < 4.78 is 0. The largest absolute Gasteiger partial charge is 0.335 e. The highest BCUT2D eigenvalue weighted by atomic mass is 35.5. The van der Waals surface area contributed by atoms with E-state index in [2.05, 4.69) is 13.2 Å². The lowest BCUT2D eigenvalue weighted by Gasteiger charge is -2.35. The molecule has 1 aromatic rings. The molecule has 0 N–H and O–H groups in total. The standard InChI is InChI=1S/C18H19Cl2NO/c1-4-13-9-10-21(12(3)14(13)5-2)18(22)11-15-16(19)7-6-8-17(15)20/h4-8,12H,1-2,9-11H2,3H3. The van der Waals surface area contributed by atoms with Gasteiger partial charge in [0, 0.05) is 16.6 Å².